The van der Waals surface area contributed by atoms with Crippen molar-refractivity contribution < 1.29 is 28.3 Å². The first-order chi connectivity index (χ1) is 21.6. The Bertz CT molecular complexity index is 1910. The van der Waals surface area contributed by atoms with Gasteiger partial charge in [0.15, 0.2) is 0 Å². The van der Waals surface area contributed by atoms with Gasteiger partial charge in [0.05, 0.1) is 38.8 Å². The Balaban J connectivity index is 1.36. The number of rotatable bonds is 7. The average Bonchev–Trinajstić information content (AvgIpc) is 3.46. The minimum absolute atomic E-state index is 0.196. The summed E-state index contributed by atoms with van der Waals surface area (Å²) < 4.78 is 20.2. The number of carbonyl (C=O) groups is 4. The van der Waals surface area contributed by atoms with Crippen molar-refractivity contribution >= 4 is 81.4 Å². The fourth-order valence-corrected chi connectivity index (χ4v) is 8.49. The number of amides is 3. The van der Waals surface area contributed by atoms with Crippen LogP contribution in [0.25, 0.3) is 0 Å². The highest BCUT2D eigenvalue weighted by atomic mass is 35.5. The number of carbonyl (C=O) groups excluding carboxylic acids is 4. The number of aromatic nitrogens is 1. The van der Waals surface area contributed by atoms with E-state index in [0.717, 1.165) is 28.0 Å². The van der Waals surface area contributed by atoms with Gasteiger partial charge in [-0.05, 0) is 67.1 Å². The van der Waals surface area contributed by atoms with Crippen LogP contribution in [0.15, 0.2) is 76.6 Å². The molecule has 2 aliphatic rings. The molecule has 0 spiro atoms. The number of halogens is 3. The largest absolute Gasteiger partial charge is 0.462 e. The van der Waals surface area contributed by atoms with Crippen molar-refractivity contribution in [3.05, 3.63) is 108 Å². The van der Waals surface area contributed by atoms with Gasteiger partial charge < -0.3 is 10.1 Å². The zero-order chi connectivity index (χ0) is 32.0. The zero-order valence-corrected chi connectivity index (χ0v) is 26.4. The van der Waals surface area contributed by atoms with Crippen LogP contribution in [0, 0.1) is 11.7 Å². The number of hydrogen-bond donors (Lipinski definition) is 1. The normalized spacial score (nSPS) is 18.8. The summed E-state index contributed by atoms with van der Waals surface area (Å²) in [6.45, 7) is 1.51. The molecule has 3 heterocycles. The maximum Gasteiger partial charge on any atom is 0.338 e. The Labute approximate surface area is 273 Å². The topological polar surface area (TPSA) is 115 Å². The SMILES string of the molecule is CCOC(=O)c1ccc(N2C(=O)C3Sc4c(sc(=O)n4CC(=O)Nc4ccc(Cl)c(Cl)c4)C(c4ccc(F)cc4)C3C2=O)cc1. The molecular formula is C31H22Cl2FN3O6S2. The van der Waals surface area contributed by atoms with Crippen LogP contribution in [0.3, 0.4) is 0 Å². The number of benzene rings is 3. The fourth-order valence-electron chi connectivity index (χ4n) is 5.42. The summed E-state index contributed by atoms with van der Waals surface area (Å²) in [5, 5.41) is 2.69. The van der Waals surface area contributed by atoms with Crippen molar-refractivity contribution in [2.45, 2.75) is 29.7 Å². The number of nitrogens with one attached hydrogen (secondary N) is 1. The third-order valence-electron chi connectivity index (χ3n) is 7.42. The van der Waals surface area contributed by atoms with Crippen LogP contribution >= 0.6 is 46.3 Å². The van der Waals surface area contributed by atoms with Crippen molar-refractivity contribution in [3.63, 3.8) is 0 Å². The number of thioether (sulfide) groups is 1. The molecule has 1 saturated heterocycles. The van der Waals surface area contributed by atoms with Gasteiger partial charge in [-0.1, -0.05) is 58.4 Å². The van der Waals surface area contributed by atoms with Crippen LogP contribution in [0.4, 0.5) is 15.8 Å². The van der Waals surface area contributed by atoms with E-state index < -0.39 is 51.5 Å². The molecule has 2 aliphatic heterocycles. The first kappa shape index (κ1) is 31.0. The van der Waals surface area contributed by atoms with Gasteiger partial charge in [-0.2, -0.15) is 0 Å². The van der Waals surface area contributed by atoms with Gasteiger partial charge in [0, 0.05) is 16.5 Å². The Kier molecular flexibility index (Phi) is 8.57. The van der Waals surface area contributed by atoms with Crippen LogP contribution in [0.2, 0.25) is 10.0 Å². The van der Waals surface area contributed by atoms with E-state index in [1.54, 1.807) is 13.0 Å². The third kappa shape index (κ3) is 5.79. The summed E-state index contributed by atoms with van der Waals surface area (Å²) in [5.74, 6) is -4.22. The smallest absolute Gasteiger partial charge is 0.338 e. The van der Waals surface area contributed by atoms with Gasteiger partial charge in [-0.25, -0.2) is 14.1 Å². The molecule has 230 valence electrons. The van der Waals surface area contributed by atoms with Crippen molar-refractivity contribution in [1.29, 1.82) is 0 Å². The van der Waals surface area contributed by atoms with E-state index in [4.69, 9.17) is 27.9 Å². The van der Waals surface area contributed by atoms with Crippen molar-refractivity contribution in [2.75, 3.05) is 16.8 Å². The molecule has 3 aromatic carbocycles. The van der Waals surface area contributed by atoms with Crippen LogP contribution in [0.1, 0.15) is 33.6 Å². The Morgan fingerprint density at radius 3 is 2.33 bits per heavy atom. The summed E-state index contributed by atoms with van der Waals surface area (Å²) in [5.41, 5.74) is 1.46. The van der Waals surface area contributed by atoms with E-state index in [0.29, 0.717) is 26.2 Å². The molecule has 3 unspecified atom stereocenters. The number of hydrogen-bond acceptors (Lipinski definition) is 8. The Morgan fingerprint density at radius 1 is 0.956 bits per heavy atom. The highest BCUT2D eigenvalue weighted by Gasteiger charge is 2.56. The summed E-state index contributed by atoms with van der Waals surface area (Å²) in [4.78, 5) is 67.5. The quantitative estimate of drug-likeness (QED) is 0.188. The number of anilines is 2. The molecule has 3 amide bonds. The van der Waals surface area contributed by atoms with Crippen LogP contribution < -0.4 is 15.1 Å². The number of ether oxygens (including phenoxy) is 1. The van der Waals surface area contributed by atoms with Gasteiger partial charge in [-0.15, -0.1) is 0 Å². The molecule has 1 N–H and O–H groups in total. The summed E-state index contributed by atoms with van der Waals surface area (Å²) in [6, 6.07) is 16.1. The molecule has 0 aliphatic carbocycles. The molecule has 0 radical (unpaired) electrons. The Morgan fingerprint density at radius 2 is 1.67 bits per heavy atom. The van der Waals surface area contributed by atoms with E-state index in [9.17, 15) is 28.4 Å². The van der Waals surface area contributed by atoms with Crippen LogP contribution in [-0.2, 0) is 25.7 Å². The molecule has 6 rings (SSSR count). The minimum atomic E-state index is -0.942. The van der Waals surface area contributed by atoms with E-state index >= 15 is 0 Å². The lowest BCUT2D eigenvalue weighted by Crippen LogP contribution is -2.33. The lowest BCUT2D eigenvalue weighted by atomic mass is 9.83. The highest BCUT2D eigenvalue weighted by molar-refractivity contribution is 8.00. The molecule has 0 bridgehead atoms. The lowest BCUT2D eigenvalue weighted by Gasteiger charge is -2.30. The molecule has 3 atom stereocenters. The maximum atomic E-state index is 14.0. The standard InChI is InChI=1S/C31H22Cl2FN3O6S2/c1-2-43-30(41)16-5-10-19(11-6-16)37-27(39)24-23(15-3-7-17(34)8-4-15)26-29(44-25(24)28(37)40)36(31(42)45-26)14-22(38)35-18-9-12-20(32)21(33)13-18/h3-13,23-25H,2,14H2,1H3,(H,35,38). The van der Waals surface area contributed by atoms with E-state index in [1.165, 1.54) is 65.2 Å². The maximum absolute atomic E-state index is 14.0. The molecule has 1 fully saturated rings. The van der Waals surface area contributed by atoms with Crippen LogP contribution in [-0.4, -0.2) is 40.1 Å². The van der Waals surface area contributed by atoms with E-state index in [1.807, 2.05) is 0 Å². The molecule has 45 heavy (non-hydrogen) atoms. The van der Waals surface area contributed by atoms with Crippen molar-refractivity contribution in [3.8, 4) is 0 Å². The first-order valence-electron chi connectivity index (χ1n) is 13.6. The second-order valence-corrected chi connectivity index (χ2v) is 13.1. The number of imide groups is 1. The van der Waals surface area contributed by atoms with Crippen molar-refractivity contribution in [2.24, 2.45) is 5.92 Å². The molecule has 4 aromatic rings. The molecule has 14 heteroatoms. The number of nitrogens with zero attached hydrogens (tertiary/aromatic N) is 2. The predicted octanol–water partition coefficient (Wildman–Crippen LogP) is 5.97. The lowest BCUT2D eigenvalue weighted by molar-refractivity contribution is -0.122. The first-order valence-corrected chi connectivity index (χ1v) is 16.1. The van der Waals surface area contributed by atoms with Gasteiger partial charge in [0.1, 0.15) is 17.6 Å². The minimum Gasteiger partial charge on any atom is -0.462 e. The second kappa shape index (κ2) is 12.4. The van der Waals surface area contributed by atoms with Gasteiger partial charge in [0.25, 0.3) is 0 Å². The zero-order valence-electron chi connectivity index (χ0n) is 23.3. The summed E-state index contributed by atoms with van der Waals surface area (Å²) >= 11 is 14.0. The third-order valence-corrected chi connectivity index (χ3v) is 10.8. The highest BCUT2D eigenvalue weighted by Crippen LogP contribution is 2.53. The van der Waals surface area contributed by atoms with Gasteiger partial charge in [-0.3, -0.25) is 23.7 Å². The molecule has 9 nitrogen and oxygen atoms in total. The number of fused-ring (bicyclic) bond motifs is 2. The van der Waals surface area contributed by atoms with E-state index in [-0.39, 0.29) is 29.4 Å². The van der Waals surface area contributed by atoms with Gasteiger partial charge >= 0.3 is 10.8 Å². The van der Waals surface area contributed by atoms with Crippen LogP contribution in [0.5, 0.6) is 0 Å². The fraction of sp³-hybridized carbons (Fsp3) is 0.194. The molecular weight excluding hydrogens is 664 g/mol. The van der Waals surface area contributed by atoms with Gasteiger partial charge in [0.2, 0.25) is 17.7 Å². The monoisotopic (exact) mass is 685 g/mol. The number of thiazole rings is 1. The molecule has 1 aromatic heterocycles. The summed E-state index contributed by atoms with van der Waals surface area (Å²) in [7, 11) is 0. The predicted molar refractivity (Wildman–Crippen MR) is 170 cm³/mol. The Hall–Kier alpha value is -3.97. The average molecular weight is 687 g/mol. The number of esters is 1. The molecule has 0 saturated carbocycles. The summed E-state index contributed by atoms with van der Waals surface area (Å²) in [6.07, 6.45) is 0. The van der Waals surface area contributed by atoms with Crippen molar-refractivity contribution in [1.82, 2.24) is 4.57 Å². The second-order valence-electron chi connectivity index (χ2n) is 10.2. The van der Waals surface area contributed by atoms with E-state index in [2.05, 4.69) is 5.32 Å².